The van der Waals surface area contributed by atoms with E-state index in [2.05, 4.69) is 15.6 Å². The van der Waals surface area contributed by atoms with Crippen LogP contribution in [0.5, 0.6) is 0 Å². The van der Waals surface area contributed by atoms with Crippen molar-refractivity contribution in [3.8, 4) is 0 Å². The molecule has 0 spiro atoms. The monoisotopic (exact) mass is 428 g/mol. The Labute approximate surface area is 180 Å². The molecule has 1 fully saturated rings. The van der Waals surface area contributed by atoms with Crippen molar-refractivity contribution in [3.05, 3.63) is 64.9 Å². The quantitative estimate of drug-likeness (QED) is 0.739. The minimum atomic E-state index is -0.676. The number of aromatic nitrogens is 1. The van der Waals surface area contributed by atoms with Crippen LogP contribution in [0.25, 0.3) is 0 Å². The minimum absolute atomic E-state index is 0.00831. The van der Waals surface area contributed by atoms with Crippen LogP contribution >= 0.6 is 11.6 Å². The van der Waals surface area contributed by atoms with Crippen LogP contribution in [0, 0.1) is 5.92 Å². The lowest BCUT2D eigenvalue weighted by atomic mass is 9.95. The summed E-state index contributed by atoms with van der Waals surface area (Å²) < 4.78 is 0. The number of hydrogen-bond donors (Lipinski definition) is 2. The van der Waals surface area contributed by atoms with Gasteiger partial charge in [0.25, 0.3) is 5.91 Å². The molecular weight excluding hydrogens is 404 g/mol. The number of piperidine rings is 1. The number of likely N-dealkylation sites (tertiary alicyclic amines) is 1. The number of rotatable bonds is 6. The summed E-state index contributed by atoms with van der Waals surface area (Å²) in [5.74, 6) is -0.680. The Morgan fingerprint density at radius 3 is 2.57 bits per heavy atom. The van der Waals surface area contributed by atoms with Gasteiger partial charge in [0, 0.05) is 37.9 Å². The number of benzene rings is 1. The number of nitrogens with one attached hydrogen (secondary N) is 2. The molecular formula is C22H25ClN4O3. The van der Waals surface area contributed by atoms with Gasteiger partial charge in [0.15, 0.2) is 0 Å². The number of pyridine rings is 1. The molecule has 158 valence electrons. The highest BCUT2D eigenvalue weighted by atomic mass is 35.5. The maximum absolute atomic E-state index is 12.7. The van der Waals surface area contributed by atoms with Crippen molar-refractivity contribution >= 4 is 29.3 Å². The van der Waals surface area contributed by atoms with Crippen LogP contribution in [0.15, 0.2) is 48.8 Å². The zero-order chi connectivity index (χ0) is 21.5. The summed E-state index contributed by atoms with van der Waals surface area (Å²) in [7, 11) is 0. The van der Waals surface area contributed by atoms with Gasteiger partial charge in [0.1, 0.15) is 6.04 Å². The van der Waals surface area contributed by atoms with Gasteiger partial charge < -0.3 is 15.5 Å². The van der Waals surface area contributed by atoms with Gasteiger partial charge in [-0.15, -0.1) is 0 Å². The van der Waals surface area contributed by atoms with Crippen LogP contribution in [0.3, 0.4) is 0 Å². The topological polar surface area (TPSA) is 91.4 Å². The van der Waals surface area contributed by atoms with E-state index in [0.29, 0.717) is 43.1 Å². The molecule has 0 saturated carbocycles. The van der Waals surface area contributed by atoms with Gasteiger partial charge in [0.2, 0.25) is 11.8 Å². The second-order valence-electron chi connectivity index (χ2n) is 7.35. The maximum atomic E-state index is 12.7. The molecule has 1 aliphatic heterocycles. The van der Waals surface area contributed by atoms with Gasteiger partial charge >= 0.3 is 0 Å². The first-order valence-electron chi connectivity index (χ1n) is 9.96. The summed E-state index contributed by atoms with van der Waals surface area (Å²) in [6.07, 6.45) is 4.60. The summed E-state index contributed by atoms with van der Waals surface area (Å²) in [5.41, 5.74) is 1.28. The standard InChI is InChI=1S/C22H25ClN4O3/c1-15(26-21(29)18-6-2-3-7-19(18)23)22(30)27-11-8-17(9-12-27)20(28)25-14-16-5-4-10-24-13-16/h2-7,10,13,15,17H,8-9,11-12,14H2,1H3,(H,25,28)(H,26,29). The van der Waals surface area contributed by atoms with Crippen LogP contribution in [0.1, 0.15) is 35.7 Å². The number of amides is 3. The molecule has 1 unspecified atom stereocenters. The van der Waals surface area contributed by atoms with Crippen LogP contribution in [-0.2, 0) is 16.1 Å². The van der Waals surface area contributed by atoms with Crippen LogP contribution < -0.4 is 10.6 Å². The number of carbonyl (C=O) groups excluding carboxylic acids is 3. The molecule has 0 radical (unpaired) electrons. The smallest absolute Gasteiger partial charge is 0.253 e. The van der Waals surface area contributed by atoms with E-state index >= 15 is 0 Å². The fourth-order valence-electron chi connectivity index (χ4n) is 3.45. The average Bonchev–Trinajstić information content (AvgIpc) is 2.78. The molecule has 1 aromatic heterocycles. The summed E-state index contributed by atoms with van der Waals surface area (Å²) in [6, 6.07) is 9.77. The highest BCUT2D eigenvalue weighted by Crippen LogP contribution is 2.19. The lowest BCUT2D eigenvalue weighted by Gasteiger charge is -2.33. The molecule has 3 amide bonds. The van der Waals surface area contributed by atoms with Gasteiger partial charge in [-0.3, -0.25) is 19.4 Å². The van der Waals surface area contributed by atoms with Crippen molar-refractivity contribution in [2.24, 2.45) is 5.92 Å². The fourth-order valence-corrected chi connectivity index (χ4v) is 3.68. The summed E-state index contributed by atoms with van der Waals surface area (Å²) in [6.45, 7) is 3.06. The Hall–Kier alpha value is -2.93. The molecule has 0 bridgehead atoms. The maximum Gasteiger partial charge on any atom is 0.253 e. The first kappa shape index (κ1) is 21.8. The minimum Gasteiger partial charge on any atom is -0.352 e. The van der Waals surface area contributed by atoms with Crippen molar-refractivity contribution < 1.29 is 14.4 Å². The molecule has 1 atom stereocenters. The second kappa shape index (κ2) is 10.2. The summed E-state index contributed by atoms with van der Waals surface area (Å²) >= 11 is 6.04. The second-order valence-corrected chi connectivity index (χ2v) is 7.76. The first-order valence-corrected chi connectivity index (χ1v) is 10.3. The lowest BCUT2D eigenvalue weighted by Crippen LogP contribution is -2.50. The SMILES string of the molecule is CC(NC(=O)c1ccccc1Cl)C(=O)N1CCC(C(=O)NCc2cccnc2)CC1. The van der Waals surface area contributed by atoms with Gasteiger partial charge in [-0.2, -0.15) is 0 Å². The molecule has 0 aliphatic carbocycles. The van der Waals surface area contributed by atoms with Crippen LogP contribution in [-0.4, -0.2) is 46.7 Å². The van der Waals surface area contributed by atoms with Gasteiger partial charge in [-0.1, -0.05) is 29.8 Å². The van der Waals surface area contributed by atoms with E-state index in [1.165, 1.54) is 0 Å². The summed E-state index contributed by atoms with van der Waals surface area (Å²) in [5, 5.41) is 5.98. The van der Waals surface area contributed by atoms with E-state index in [1.54, 1.807) is 48.5 Å². The number of nitrogens with zero attached hydrogens (tertiary/aromatic N) is 2. The number of carbonyl (C=O) groups is 3. The Morgan fingerprint density at radius 2 is 1.90 bits per heavy atom. The van der Waals surface area contributed by atoms with Crippen LogP contribution in [0.2, 0.25) is 5.02 Å². The Morgan fingerprint density at radius 1 is 1.17 bits per heavy atom. The van der Waals surface area contributed by atoms with Gasteiger partial charge in [-0.25, -0.2) is 0 Å². The van der Waals surface area contributed by atoms with Gasteiger partial charge in [-0.05, 0) is 43.5 Å². The van der Waals surface area contributed by atoms with Crippen molar-refractivity contribution in [2.75, 3.05) is 13.1 Å². The molecule has 1 saturated heterocycles. The Kier molecular flexibility index (Phi) is 7.41. The van der Waals surface area contributed by atoms with Crippen molar-refractivity contribution in [1.29, 1.82) is 0 Å². The highest BCUT2D eigenvalue weighted by Gasteiger charge is 2.30. The Bertz CT molecular complexity index is 898. The number of hydrogen-bond acceptors (Lipinski definition) is 4. The molecule has 1 aromatic carbocycles. The molecule has 3 rings (SSSR count). The largest absolute Gasteiger partial charge is 0.352 e. The molecule has 1 aliphatic rings. The molecule has 2 heterocycles. The van der Waals surface area contributed by atoms with Gasteiger partial charge in [0.05, 0.1) is 10.6 Å². The van der Waals surface area contributed by atoms with E-state index < -0.39 is 6.04 Å². The normalized spacial score (nSPS) is 15.3. The number of halogens is 1. The molecule has 30 heavy (non-hydrogen) atoms. The average molecular weight is 429 g/mol. The highest BCUT2D eigenvalue weighted by molar-refractivity contribution is 6.33. The molecule has 7 nitrogen and oxygen atoms in total. The van der Waals surface area contributed by atoms with E-state index in [9.17, 15) is 14.4 Å². The lowest BCUT2D eigenvalue weighted by molar-refractivity contribution is -0.136. The fraction of sp³-hybridized carbons (Fsp3) is 0.364. The van der Waals surface area contributed by atoms with E-state index in [-0.39, 0.29) is 23.6 Å². The van der Waals surface area contributed by atoms with Crippen molar-refractivity contribution in [1.82, 2.24) is 20.5 Å². The first-order chi connectivity index (χ1) is 14.5. The predicted molar refractivity (Wildman–Crippen MR) is 114 cm³/mol. The van der Waals surface area contributed by atoms with E-state index in [0.717, 1.165) is 5.56 Å². The van der Waals surface area contributed by atoms with Crippen molar-refractivity contribution in [2.45, 2.75) is 32.4 Å². The molecule has 2 aromatic rings. The third kappa shape index (κ3) is 5.57. The van der Waals surface area contributed by atoms with Crippen molar-refractivity contribution in [3.63, 3.8) is 0 Å². The van der Waals surface area contributed by atoms with E-state index in [4.69, 9.17) is 11.6 Å². The Balaban J connectivity index is 1.45. The predicted octanol–water partition coefficient (Wildman–Crippen LogP) is 2.41. The van der Waals surface area contributed by atoms with E-state index in [1.807, 2.05) is 12.1 Å². The zero-order valence-electron chi connectivity index (χ0n) is 16.8. The van der Waals surface area contributed by atoms with Crippen LogP contribution in [0.4, 0.5) is 0 Å². The molecule has 2 N–H and O–H groups in total. The summed E-state index contributed by atoms with van der Waals surface area (Å²) in [4.78, 5) is 43.2. The zero-order valence-corrected chi connectivity index (χ0v) is 17.6. The third-order valence-electron chi connectivity index (χ3n) is 5.20. The third-order valence-corrected chi connectivity index (χ3v) is 5.53. The molecule has 8 heteroatoms.